The van der Waals surface area contributed by atoms with Crippen molar-refractivity contribution in [1.82, 2.24) is 9.47 Å². The van der Waals surface area contributed by atoms with Crippen molar-refractivity contribution < 1.29 is 24.1 Å². The Kier molecular flexibility index (Phi) is 6.18. The van der Waals surface area contributed by atoms with E-state index in [-0.39, 0.29) is 12.8 Å². The molecule has 1 aromatic heterocycles. The van der Waals surface area contributed by atoms with Crippen LogP contribution in [0.5, 0.6) is 23.0 Å². The van der Waals surface area contributed by atoms with Crippen LogP contribution in [0.3, 0.4) is 0 Å². The van der Waals surface area contributed by atoms with E-state index < -0.39 is 0 Å². The molecule has 0 amide bonds. The summed E-state index contributed by atoms with van der Waals surface area (Å²) < 4.78 is 24.9. The lowest BCUT2D eigenvalue weighted by Gasteiger charge is -2.41. The Bertz CT molecular complexity index is 1460. The van der Waals surface area contributed by atoms with E-state index >= 15 is 0 Å². The Morgan fingerprint density at radius 3 is 2.54 bits per heavy atom. The molecule has 4 aromatic rings. The van der Waals surface area contributed by atoms with Crippen LogP contribution in [-0.4, -0.2) is 42.4 Å². The molecule has 37 heavy (non-hydrogen) atoms. The third-order valence-corrected chi connectivity index (χ3v) is 7.81. The fourth-order valence-corrected chi connectivity index (χ4v) is 5.92. The summed E-state index contributed by atoms with van der Waals surface area (Å²) in [6.45, 7) is 2.14. The zero-order valence-electron chi connectivity index (χ0n) is 21.5. The molecule has 0 spiro atoms. The number of ether oxygens (including phenoxy) is 4. The number of benzene rings is 3. The van der Waals surface area contributed by atoms with Crippen LogP contribution in [0.2, 0.25) is 0 Å². The number of aliphatic hydroxyl groups is 1. The van der Waals surface area contributed by atoms with E-state index in [9.17, 15) is 5.11 Å². The highest BCUT2D eigenvalue weighted by molar-refractivity contribution is 5.87. The van der Waals surface area contributed by atoms with Crippen LogP contribution in [0.25, 0.3) is 10.9 Å². The summed E-state index contributed by atoms with van der Waals surface area (Å²) in [6, 6.07) is 18.6. The van der Waals surface area contributed by atoms with E-state index in [0.717, 1.165) is 65.4 Å². The SMILES string of the molecule is COc1cccc(COc2cc3c(cc2OC)CCN2Cc4c(c5cc(OC)ccc5n4CO)CC32)c1. The van der Waals surface area contributed by atoms with Crippen molar-refractivity contribution in [3.63, 3.8) is 0 Å². The lowest BCUT2D eigenvalue weighted by Crippen LogP contribution is -2.39. The van der Waals surface area contributed by atoms with Crippen LogP contribution in [0.4, 0.5) is 0 Å². The Hall–Kier alpha value is -3.68. The van der Waals surface area contributed by atoms with Gasteiger partial charge < -0.3 is 28.6 Å². The number of hydrogen-bond acceptors (Lipinski definition) is 6. The van der Waals surface area contributed by atoms with E-state index in [4.69, 9.17) is 18.9 Å². The standard InChI is InChI=1S/C30H32N2O5/c1-34-21-6-4-5-19(11-21)17-37-30-15-23-20(12-29(30)36-3)9-10-31-16-28-25(14-27(23)31)24-13-22(35-2)7-8-26(24)32(28)18-33/h4-8,11-13,15,27,33H,9-10,14,16-18H2,1-3H3. The average molecular weight is 501 g/mol. The quantitative estimate of drug-likeness (QED) is 0.391. The second-order valence-electron chi connectivity index (χ2n) is 9.66. The first-order valence-corrected chi connectivity index (χ1v) is 12.6. The average Bonchev–Trinajstić information content (AvgIpc) is 3.26. The fraction of sp³-hybridized carbons (Fsp3) is 0.333. The van der Waals surface area contributed by atoms with Crippen molar-refractivity contribution in [1.29, 1.82) is 0 Å². The first-order chi connectivity index (χ1) is 18.1. The highest BCUT2D eigenvalue weighted by Gasteiger charge is 2.36. The van der Waals surface area contributed by atoms with Crippen LogP contribution in [0, 0.1) is 0 Å². The largest absolute Gasteiger partial charge is 0.497 e. The van der Waals surface area contributed by atoms with Crippen LogP contribution in [0.1, 0.15) is 34.0 Å². The van der Waals surface area contributed by atoms with Crippen molar-refractivity contribution in [2.45, 2.75) is 38.8 Å². The topological polar surface area (TPSA) is 65.3 Å². The summed E-state index contributed by atoms with van der Waals surface area (Å²) in [5.74, 6) is 3.14. The van der Waals surface area contributed by atoms with Gasteiger partial charge in [0.2, 0.25) is 0 Å². The zero-order valence-corrected chi connectivity index (χ0v) is 21.5. The highest BCUT2D eigenvalue weighted by Crippen LogP contribution is 2.45. The van der Waals surface area contributed by atoms with Crippen molar-refractivity contribution in [2.75, 3.05) is 27.9 Å². The zero-order chi connectivity index (χ0) is 25.5. The van der Waals surface area contributed by atoms with E-state index in [1.165, 1.54) is 22.4 Å². The van der Waals surface area contributed by atoms with Gasteiger partial charge in [0, 0.05) is 30.2 Å². The number of aromatic nitrogens is 1. The predicted molar refractivity (Wildman–Crippen MR) is 142 cm³/mol. The molecule has 7 heteroatoms. The van der Waals surface area contributed by atoms with Crippen LogP contribution >= 0.6 is 0 Å². The van der Waals surface area contributed by atoms with E-state index in [1.54, 1.807) is 21.3 Å². The van der Waals surface area contributed by atoms with Gasteiger partial charge in [-0.05, 0) is 77.6 Å². The van der Waals surface area contributed by atoms with Gasteiger partial charge in [-0.2, -0.15) is 0 Å². The molecule has 0 fully saturated rings. The molecule has 2 aliphatic rings. The lowest BCUT2D eigenvalue weighted by molar-refractivity contribution is 0.145. The summed E-state index contributed by atoms with van der Waals surface area (Å²) in [4.78, 5) is 2.52. The molecule has 6 rings (SSSR count). The second-order valence-corrected chi connectivity index (χ2v) is 9.66. The third kappa shape index (κ3) is 4.08. The molecule has 1 unspecified atom stereocenters. The van der Waals surface area contributed by atoms with Gasteiger partial charge in [-0.15, -0.1) is 0 Å². The lowest BCUT2D eigenvalue weighted by atomic mass is 9.85. The van der Waals surface area contributed by atoms with Crippen LogP contribution in [0.15, 0.2) is 54.6 Å². The summed E-state index contributed by atoms with van der Waals surface area (Å²) in [5, 5.41) is 11.4. The first kappa shape index (κ1) is 23.7. The number of hydrogen-bond donors (Lipinski definition) is 1. The number of rotatable bonds is 7. The molecule has 7 nitrogen and oxygen atoms in total. The summed E-state index contributed by atoms with van der Waals surface area (Å²) in [6.07, 6.45) is 1.81. The van der Waals surface area contributed by atoms with Gasteiger partial charge in [0.15, 0.2) is 11.5 Å². The number of methoxy groups -OCH3 is 3. The Labute approximate surface area is 216 Å². The maximum atomic E-state index is 10.2. The minimum Gasteiger partial charge on any atom is -0.497 e. The Morgan fingerprint density at radius 1 is 0.919 bits per heavy atom. The van der Waals surface area contributed by atoms with Crippen molar-refractivity contribution >= 4 is 10.9 Å². The molecule has 1 atom stereocenters. The normalized spacial score (nSPS) is 16.6. The van der Waals surface area contributed by atoms with Crippen molar-refractivity contribution in [3.05, 3.63) is 82.5 Å². The molecule has 0 saturated carbocycles. The van der Waals surface area contributed by atoms with E-state index in [2.05, 4.69) is 23.1 Å². The molecule has 0 aliphatic carbocycles. The smallest absolute Gasteiger partial charge is 0.162 e. The molecule has 0 saturated heterocycles. The minimum atomic E-state index is -0.0350. The third-order valence-electron chi connectivity index (χ3n) is 7.81. The molecule has 1 N–H and O–H groups in total. The monoisotopic (exact) mass is 500 g/mol. The molecule has 2 aliphatic heterocycles. The van der Waals surface area contributed by atoms with E-state index in [1.807, 2.05) is 41.0 Å². The molecule has 192 valence electrons. The maximum Gasteiger partial charge on any atom is 0.162 e. The summed E-state index contributed by atoms with van der Waals surface area (Å²) >= 11 is 0. The van der Waals surface area contributed by atoms with E-state index in [0.29, 0.717) is 6.61 Å². The Morgan fingerprint density at radius 2 is 1.76 bits per heavy atom. The summed E-state index contributed by atoms with van der Waals surface area (Å²) in [7, 11) is 5.05. The van der Waals surface area contributed by atoms with Gasteiger partial charge >= 0.3 is 0 Å². The first-order valence-electron chi connectivity index (χ1n) is 12.6. The number of nitrogens with zero attached hydrogens (tertiary/aromatic N) is 2. The highest BCUT2D eigenvalue weighted by atomic mass is 16.5. The van der Waals surface area contributed by atoms with Crippen molar-refractivity contribution in [3.8, 4) is 23.0 Å². The fourth-order valence-electron chi connectivity index (χ4n) is 5.92. The molecular weight excluding hydrogens is 468 g/mol. The van der Waals surface area contributed by atoms with Gasteiger partial charge in [0.05, 0.1) is 26.8 Å². The molecule has 3 aromatic carbocycles. The van der Waals surface area contributed by atoms with Gasteiger partial charge in [0.25, 0.3) is 0 Å². The maximum absolute atomic E-state index is 10.2. The number of fused-ring (bicyclic) bond motifs is 6. The van der Waals surface area contributed by atoms with Crippen LogP contribution < -0.4 is 18.9 Å². The number of aliphatic hydroxyl groups excluding tert-OH is 1. The van der Waals surface area contributed by atoms with Gasteiger partial charge in [-0.3, -0.25) is 4.90 Å². The molecule has 0 bridgehead atoms. The predicted octanol–water partition coefficient (Wildman–Crippen LogP) is 4.85. The molecule has 0 radical (unpaired) electrons. The van der Waals surface area contributed by atoms with Gasteiger partial charge in [-0.25, -0.2) is 0 Å². The molecular formula is C30H32N2O5. The van der Waals surface area contributed by atoms with Crippen molar-refractivity contribution in [2.24, 2.45) is 0 Å². The van der Waals surface area contributed by atoms with Crippen LogP contribution in [-0.2, 0) is 32.7 Å². The second kappa shape index (κ2) is 9.65. The molecule has 3 heterocycles. The minimum absolute atomic E-state index is 0.0350. The summed E-state index contributed by atoms with van der Waals surface area (Å²) in [5.41, 5.74) is 7.14. The van der Waals surface area contributed by atoms with Gasteiger partial charge in [-0.1, -0.05) is 12.1 Å². The Balaban J connectivity index is 1.36. The van der Waals surface area contributed by atoms with Gasteiger partial charge in [0.1, 0.15) is 24.8 Å².